The van der Waals surface area contributed by atoms with Gasteiger partial charge in [0, 0.05) is 19.0 Å². The second-order valence-corrected chi connectivity index (χ2v) is 5.40. The lowest BCUT2D eigenvalue weighted by atomic mass is 10.0. The molecule has 2 aromatic heterocycles. The van der Waals surface area contributed by atoms with Crippen molar-refractivity contribution in [2.75, 3.05) is 5.32 Å². The highest BCUT2D eigenvalue weighted by molar-refractivity contribution is 6.05. The highest BCUT2D eigenvalue weighted by Gasteiger charge is 2.25. The molecule has 0 unspecified atom stereocenters. The number of aryl methyl sites for hydroxylation is 1. The lowest BCUT2D eigenvalue weighted by molar-refractivity contribution is -0.385. The van der Waals surface area contributed by atoms with E-state index in [1.54, 1.807) is 11.7 Å². The first-order valence-corrected chi connectivity index (χ1v) is 7.09. The molecule has 1 aliphatic rings. The largest absolute Gasteiger partial charge is 0.319 e. The van der Waals surface area contributed by atoms with Crippen molar-refractivity contribution in [1.82, 2.24) is 20.0 Å². The molecular formula is C13H16N6O3. The van der Waals surface area contributed by atoms with Crippen molar-refractivity contribution in [1.29, 1.82) is 0 Å². The first-order valence-electron chi connectivity index (χ1n) is 7.09. The van der Waals surface area contributed by atoms with Crippen molar-refractivity contribution in [3.63, 3.8) is 0 Å². The maximum absolute atomic E-state index is 12.2. The summed E-state index contributed by atoms with van der Waals surface area (Å²) in [5.41, 5.74) is 0.429. The van der Waals surface area contributed by atoms with E-state index in [-0.39, 0.29) is 11.4 Å². The van der Waals surface area contributed by atoms with E-state index in [2.05, 4.69) is 20.6 Å². The predicted molar refractivity (Wildman–Crippen MR) is 77.6 cm³/mol. The molecule has 0 aliphatic heterocycles. The number of carbonyl (C=O) groups excluding carboxylic acids is 1. The van der Waals surface area contributed by atoms with Gasteiger partial charge in [-0.15, -0.1) is 0 Å². The minimum Gasteiger partial charge on any atom is -0.305 e. The summed E-state index contributed by atoms with van der Waals surface area (Å²) in [7, 11) is 1.73. The Bertz CT molecular complexity index is 713. The molecule has 116 valence electrons. The van der Waals surface area contributed by atoms with Gasteiger partial charge in [0.2, 0.25) is 5.69 Å². The third-order valence-electron chi connectivity index (χ3n) is 3.96. The molecule has 1 aliphatic carbocycles. The first-order chi connectivity index (χ1) is 10.6. The van der Waals surface area contributed by atoms with Crippen molar-refractivity contribution < 1.29 is 9.72 Å². The number of nitrogens with one attached hydrogen (secondary N) is 2. The molecule has 2 N–H and O–H groups in total. The molecule has 2 aromatic rings. The SMILES string of the molecule is Cn1nc(C2CCCC2)cc1NC(=O)c1[nH]ncc1[N+](=O)[O-]. The van der Waals surface area contributed by atoms with Crippen LogP contribution in [0, 0.1) is 10.1 Å². The van der Waals surface area contributed by atoms with Crippen molar-refractivity contribution in [3.05, 3.63) is 33.8 Å². The van der Waals surface area contributed by atoms with E-state index in [1.807, 2.05) is 6.07 Å². The minimum atomic E-state index is -0.647. The Kier molecular flexibility index (Phi) is 3.61. The summed E-state index contributed by atoms with van der Waals surface area (Å²) in [5.74, 6) is 0.333. The van der Waals surface area contributed by atoms with Crippen LogP contribution in [0.3, 0.4) is 0 Å². The fraction of sp³-hybridized carbons (Fsp3) is 0.462. The molecule has 0 radical (unpaired) electrons. The van der Waals surface area contributed by atoms with Crippen LogP contribution in [0.2, 0.25) is 0 Å². The zero-order valence-corrected chi connectivity index (χ0v) is 12.1. The normalized spacial score (nSPS) is 15.1. The monoisotopic (exact) mass is 304 g/mol. The summed E-state index contributed by atoms with van der Waals surface area (Å²) < 4.78 is 1.58. The van der Waals surface area contributed by atoms with Crippen LogP contribution in [0.25, 0.3) is 0 Å². The number of hydrogen-bond acceptors (Lipinski definition) is 5. The topological polar surface area (TPSA) is 119 Å². The second kappa shape index (κ2) is 5.58. The third-order valence-corrected chi connectivity index (χ3v) is 3.96. The highest BCUT2D eigenvalue weighted by Crippen LogP contribution is 2.34. The van der Waals surface area contributed by atoms with E-state index in [4.69, 9.17) is 0 Å². The molecule has 0 aromatic carbocycles. The molecule has 1 amide bonds. The maximum atomic E-state index is 12.2. The zero-order valence-electron chi connectivity index (χ0n) is 12.1. The molecular weight excluding hydrogens is 288 g/mol. The van der Waals surface area contributed by atoms with Gasteiger partial charge in [0.05, 0.1) is 10.6 Å². The average molecular weight is 304 g/mol. The van der Waals surface area contributed by atoms with Crippen LogP contribution < -0.4 is 5.32 Å². The Morgan fingerprint density at radius 2 is 2.23 bits per heavy atom. The molecule has 9 nitrogen and oxygen atoms in total. The molecule has 0 spiro atoms. The Labute approximate surface area is 125 Å². The van der Waals surface area contributed by atoms with Gasteiger partial charge in [-0.25, -0.2) is 0 Å². The Morgan fingerprint density at radius 1 is 1.50 bits per heavy atom. The van der Waals surface area contributed by atoms with Gasteiger partial charge in [-0.3, -0.25) is 24.7 Å². The third kappa shape index (κ3) is 2.57. The number of hydrogen-bond donors (Lipinski definition) is 2. The lowest BCUT2D eigenvalue weighted by Crippen LogP contribution is -2.16. The number of anilines is 1. The molecule has 0 saturated heterocycles. The summed E-state index contributed by atoms with van der Waals surface area (Å²) >= 11 is 0. The Morgan fingerprint density at radius 3 is 2.91 bits per heavy atom. The number of carbonyl (C=O) groups is 1. The molecule has 2 heterocycles. The number of H-pyrrole nitrogens is 1. The van der Waals surface area contributed by atoms with Crippen LogP contribution in [0.4, 0.5) is 11.5 Å². The Hall–Kier alpha value is -2.71. The van der Waals surface area contributed by atoms with Gasteiger partial charge < -0.3 is 5.32 Å². The van der Waals surface area contributed by atoms with Gasteiger partial charge in [0.25, 0.3) is 5.91 Å². The fourth-order valence-electron chi connectivity index (χ4n) is 2.79. The summed E-state index contributed by atoms with van der Waals surface area (Å²) in [5, 5.41) is 23.8. The van der Waals surface area contributed by atoms with Gasteiger partial charge in [0.1, 0.15) is 12.0 Å². The summed E-state index contributed by atoms with van der Waals surface area (Å²) in [6, 6.07) is 1.83. The quantitative estimate of drug-likeness (QED) is 0.661. The fourth-order valence-corrected chi connectivity index (χ4v) is 2.79. The number of aromatic amines is 1. The van der Waals surface area contributed by atoms with Gasteiger partial charge in [-0.1, -0.05) is 12.8 Å². The summed E-state index contributed by atoms with van der Waals surface area (Å²) in [6.07, 6.45) is 5.63. The molecule has 3 rings (SSSR count). The molecule has 0 bridgehead atoms. The number of rotatable bonds is 4. The molecule has 1 fully saturated rings. The number of amides is 1. The van der Waals surface area contributed by atoms with Gasteiger partial charge in [-0.05, 0) is 12.8 Å². The van der Waals surface area contributed by atoms with Crippen molar-refractivity contribution >= 4 is 17.4 Å². The standard InChI is InChI=1S/C13H16N6O3/c1-18-11(6-9(17-18)8-4-2-3-5-8)15-13(20)12-10(19(21)22)7-14-16-12/h6-8H,2-5H2,1H3,(H,14,16)(H,15,20). The van der Waals surface area contributed by atoms with Crippen molar-refractivity contribution in [2.45, 2.75) is 31.6 Å². The number of nitro groups is 1. The van der Waals surface area contributed by atoms with Crippen LogP contribution >= 0.6 is 0 Å². The molecule has 9 heteroatoms. The van der Waals surface area contributed by atoms with Crippen molar-refractivity contribution in [2.24, 2.45) is 7.05 Å². The van der Waals surface area contributed by atoms with Crippen LogP contribution in [-0.4, -0.2) is 30.8 Å². The first kappa shape index (κ1) is 14.2. The smallest absolute Gasteiger partial charge is 0.305 e. The van der Waals surface area contributed by atoms with E-state index in [0.29, 0.717) is 11.7 Å². The van der Waals surface area contributed by atoms with Crippen LogP contribution in [0.5, 0.6) is 0 Å². The van der Waals surface area contributed by atoms with Gasteiger partial charge in [0.15, 0.2) is 0 Å². The van der Waals surface area contributed by atoms with Crippen LogP contribution in [0.15, 0.2) is 12.3 Å². The highest BCUT2D eigenvalue weighted by atomic mass is 16.6. The minimum absolute atomic E-state index is 0.173. The predicted octanol–water partition coefficient (Wildman–Crippen LogP) is 1.96. The summed E-state index contributed by atoms with van der Waals surface area (Å²) in [4.78, 5) is 22.3. The average Bonchev–Trinajstić information content (AvgIpc) is 3.18. The van der Waals surface area contributed by atoms with E-state index < -0.39 is 10.8 Å². The van der Waals surface area contributed by atoms with Gasteiger partial charge >= 0.3 is 5.69 Å². The molecule has 22 heavy (non-hydrogen) atoms. The van der Waals surface area contributed by atoms with E-state index >= 15 is 0 Å². The van der Waals surface area contributed by atoms with Crippen molar-refractivity contribution in [3.8, 4) is 0 Å². The van der Waals surface area contributed by atoms with E-state index in [1.165, 1.54) is 12.8 Å². The van der Waals surface area contributed by atoms with Gasteiger partial charge in [-0.2, -0.15) is 10.2 Å². The maximum Gasteiger partial charge on any atom is 0.319 e. The molecule has 0 atom stereocenters. The second-order valence-electron chi connectivity index (χ2n) is 5.40. The lowest BCUT2D eigenvalue weighted by Gasteiger charge is -2.02. The number of nitrogens with zero attached hydrogens (tertiary/aromatic N) is 4. The number of aromatic nitrogens is 4. The van der Waals surface area contributed by atoms with E-state index in [0.717, 1.165) is 24.7 Å². The molecule has 1 saturated carbocycles. The van der Waals surface area contributed by atoms with Crippen LogP contribution in [-0.2, 0) is 7.05 Å². The summed E-state index contributed by atoms with van der Waals surface area (Å²) in [6.45, 7) is 0. The Balaban J connectivity index is 1.79. The van der Waals surface area contributed by atoms with Crippen LogP contribution in [0.1, 0.15) is 47.8 Å². The van der Waals surface area contributed by atoms with E-state index in [9.17, 15) is 14.9 Å². The zero-order chi connectivity index (χ0) is 15.7.